The normalized spacial score (nSPS) is 22.4. The number of likely N-dealkylation sites (tertiary alicyclic amines) is 1. The molecule has 0 amide bonds. The van der Waals surface area contributed by atoms with Crippen molar-refractivity contribution >= 4 is 0 Å². The fraction of sp³-hybridized carbons (Fsp3) is 1.00. The van der Waals surface area contributed by atoms with Crippen LogP contribution < -0.4 is 5.32 Å². The first-order valence-corrected chi connectivity index (χ1v) is 7.96. The molecular formula is C16H34N2O. The average molecular weight is 270 g/mol. The van der Waals surface area contributed by atoms with Gasteiger partial charge < -0.3 is 15.3 Å². The van der Waals surface area contributed by atoms with Gasteiger partial charge in [-0.15, -0.1) is 0 Å². The molecule has 2 N–H and O–H groups in total. The third-order valence-electron chi connectivity index (χ3n) is 4.75. The van der Waals surface area contributed by atoms with E-state index in [1.807, 2.05) is 0 Å². The van der Waals surface area contributed by atoms with Gasteiger partial charge in [-0.1, -0.05) is 26.7 Å². The van der Waals surface area contributed by atoms with Crippen LogP contribution in [0.2, 0.25) is 0 Å². The lowest BCUT2D eigenvalue weighted by Crippen LogP contribution is -2.47. The summed E-state index contributed by atoms with van der Waals surface area (Å²) in [7, 11) is 0. The smallest absolute Gasteiger partial charge is 0.0791 e. The second-order valence-corrected chi connectivity index (χ2v) is 7.29. The Labute approximate surface area is 119 Å². The van der Waals surface area contributed by atoms with Crippen molar-refractivity contribution in [1.82, 2.24) is 10.2 Å². The standard InChI is InChI=1S/C16H34N2O/c1-6-16(7-2)8-10-18(11-9-16)13-14(19)12-17-15(3,4)5/h14,17,19H,6-13H2,1-5H3. The molecule has 1 aliphatic rings. The van der Waals surface area contributed by atoms with Crippen LogP contribution in [0, 0.1) is 5.41 Å². The quantitative estimate of drug-likeness (QED) is 0.779. The molecule has 1 heterocycles. The molecule has 0 aromatic heterocycles. The minimum Gasteiger partial charge on any atom is -0.390 e. The van der Waals surface area contributed by atoms with Crippen molar-refractivity contribution in [3.05, 3.63) is 0 Å². The summed E-state index contributed by atoms with van der Waals surface area (Å²) in [4.78, 5) is 2.43. The summed E-state index contributed by atoms with van der Waals surface area (Å²) in [5.74, 6) is 0. The molecule has 1 unspecified atom stereocenters. The van der Waals surface area contributed by atoms with Crippen molar-refractivity contribution in [2.24, 2.45) is 5.41 Å². The first-order chi connectivity index (χ1) is 8.80. The van der Waals surface area contributed by atoms with Gasteiger partial charge in [-0.05, 0) is 52.1 Å². The highest BCUT2D eigenvalue weighted by Gasteiger charge is 2.31. The Morgan fingerprint density at radius 2 is 1.68 bits per heavy atom. The molecule has 1 saturated heterocycles. The number of aliphatic hydroxyl groups is 1. The lowest BCUT2D eigenvalue weighted by molar-refractivity contribution is 0.0514. The van der Waals surface area contributed by atoms with E-state index in [4.69, 9.17) is 0 Å². The van der Waals surface area contributed by atoms with E-state index in [2.05, 4.69) is 44.8 Å². The van der Waals surface area contributed by atoms with E-state index in [0.29, 0.717) is 12.0 Å². The molecule has 0 bridgehead atoms. The van der Waals surface area contributed by atoms with E-state index in [-0.39, 0.29) is 11.6 Å². The number of hydrogen-bond acceptors (Lipinski definition) is 3. The Hall–Kier alpha value is -0.120. The van der Waals surface area contributed by atoms with Gasteiger partial charge in [0.15, 0.2) is 0 Å². The lowest BCUT2D eigenvalue weighted by Gasteiger charge is -2.41. The lowest BCUT2D eigenvalue weighted by atomic mass is 9.74. The minimum absolute atomic E-state index is 0.0858. The van der Waals surface area contributed by atoms with Gasteiger partial charge in [0.05, 0.1) is 6.10 Å². The van der Waals surface area contributed by atoms with Crippen LogP contribution >= 0.6 is 0 Å². The first kappa shape index (κ1) is 16.9. The summed E-state index contributed by atoms with van der Waals surface area (Å²) in [5.41, 5.74) is 0.660. The van der Waals surface area contributed by atoms with Gasteiger partial charge in [0, 0.05) is 18.6 Å². The maximum atomic E-state index is 10.1. The summed E-state index contributed by atoms with van der Waals surface area (Å²) in [6.45, 7) is 14.8. The van der Waals surface area contributed by atoms with Crippen LogP contribution in [-0.4, -0.2) is 47.8 Å². The van der Waals surface area contributed by atoms with Gasteiger partial charge in [0.1, 0.15) is 0 Å². The Morgan fingerprint density at radius 1 is 1.16 bits per heavy atom. The summed E-state index contributed by atoms with van der Waals surface area (Å²) >= 11 is 0. The number of β-amino-alcohol motifs (C(OH)–C–C–N with tert-alkyl or cyclic N) is 1. The number of aliphatic hydroxyl groups excluding tert-OH is 1. The zero-order chi connectivity index (χ0) is 14.5. The van der Waals surface area contributed by atoms with Crippen LogP contribution in [0.3, 0.4) is 0 Å². The predicted molar refractivity (Wildman–Crippen MR) is 82.5 cm³/mol. The molecule has 1 atom stereocenters. The van der Waals surface area contributed by atoms with Crippen LogP contribution in [0.1, 0.15) is 60.3 Å². The Kier molecular flexibility index (Phi) is 6.28. The molecule has 1 aliphatic heterocycles. The van der Waals surface area contributed by atoms with Gasteiger partial charge in [-0.3, -0.25) is 0 Å². The molecule has 19 heavy (non-hydrogen) atoms. The summed E-state index contributed by atoms with van der Waals surface area (Å²) in [6.07, 6.45) is 4.92. The van der Waals surface area contributed by atoms with E-state index in [1.165, 1.54) is 25.7 Å². The highest BCUT2D eigenvalue weighted by Crippen LogP contribution is 2.37. The molecule has 0 aromatic carbocycles. The molecule has 1 fully saturated rings. The second kappa shape index (κ2) is 7.05. The second-order valence-electron chi connectivity index (χ2n) is 7.29. The maximum Gasteiger partial charge on any atom is 0.0791 e. The van der Waals surface area contributed by atoms with Gasteiger partial charge in [-0.2, -0.15) is 0 Å². The fourth-order valence-electron chi connectivity index (χ4n) is 2.95. The van der Waals surface area contributed by atoms with Crippen LogP contribution in [0.4, 0.5) is 0 Å². The molecule has 0 aromatic rings. The van der Waals surface area contributed by atoms with Crippen molar-refractivity contribution in [1.29, 1.82) is 0 Å². The fourth-order valence-corrected chi connectivity index (χ4v) is 2.95. The summed E-state index contributed by atoms with van der Waals surface area (Å²) < 4.78 is 0. The van der Waals surface area contributed by atoms with E-state index in [1.54, 1.807) is 0 Å². The van der Waals surface area contributed by atoms with E-state index < -0.39 is 0 Å². The Balaban J connectivity index is 2.29. The van der Waals surface area contributed by atoms with Gasteiger partial charge in [0.2, 0.25) is 0 Å². The number of hydrogen-bond donors (Lipinski definition) is 2. The van der Waals surface area contributed by atoms with Gasteiger partial charge in [-0.25, -0.2) is 0 Å². The van der Waals surface area contributed by atoms with Gasteiger partial charge in [0.25, 0.3) is 0 Å². The van der Waals surface area contributed by atoms with Crippen molar-refractivity contribution in [2.75, 3.05) is 26.2 Å². The highest BCUT2D eigenvalue weighted by molar-refractivity contribution is 4.85. The number of piperidine rings is 1. The molecule has 114 valence electrons. The third kappa shape index (κ3) is 5.80. The largest absolute Gasteiger partial charge is 0.390 e. The molecule has 3 heteroatoms. The average Bonchev–Trinajstić information content (AvgIpc) is 2.37. The monoisotopic (exact) mass is 270 g/mol. The molecule has 3 nitrogen and oxygen atoms in total. The molecule has 0 spiro atoms. The molecule has 1 rings (SSSR count). The van der Waals surface area contributed by atoms with Crippen molar-refractivity contribution in [2.45, 2.75) is 71.9 Å². The topological polar surface area (TPSA) is 35.5 Å². The van der Waals surface area contributed by atoms with Crippen LogP contribution in [0.25, 0.3) is 0 Å². The Bertz CT molecular complexity index is 246. The number of rotatable bonds is 6. The van der Waals surface area contributed by atoms with Crippen molar-refractivity contribution < 1.29 is 5.11 Å². The van der Waals surface area contributed by atoms with Crippen molar-refractivity contribution in [3.8, 4) is 0 Å². The number of nitrogens with zero attached hydrogens (tertiary/aromatic N) is 1. The summed E-state index contributed by atoms with van der Waals surface area (Å²) in [5, 5.41) is 13.5. The first-order valence-electron chi connectivity index (χ1n) is 7.96. The van der Waals surface area contributed by atoms with Gasteiger partial charge >= 0.3 is 0 Å². The van der Waals surface area contributed by atoms with Crippen LogP contribution in [0.15, 0.2) is 0 Å². The maximum absolute atomic E-state index is 10.1. The third-order valence-corrected chi connectivity index (χ3v) is 4.75. The molecule has 0 saturated carbocycles. The predicted octanol–water partition coefficient (Wildman–Crippen LogP) is 2.64. The van der Waals surface area contributed by atoms with E-state index in [9.17, 15) is 5.11 Å². The summed E-state index contributed by atoms with van der Waals surface area (Å²) in [6, 6.07) is 0. The van der Waals surface area contributed by atoms with E-state index in [0.717, 1.165) is 19.6 Å². The Morgan fingerprint density at radius 3 is 2.11 bits per heavy atom. The minimum atomic E-state index is -0.255. The van der Waals surface area contributed by atoms with Crippen molar-refractivity contribution in [3.63, 3.8) is 0 Å². The van der Waals surface area contributed by atoms with Crippen LogP contribution in [-0.2, 0) is 0 Å². The highest BCUT2D eigenvalue weighted by atomic mass is 16.3. The molecule has 0 aliphatic carbocycles. The zero-order valence-electron chi connectivity index (χ0n) is 13.6. The number of nitrogens with one attached hydrogen (secondary N) is 1. The van der Waals surface area contributed by atoms with E-state index >= 15 is 0 Å². The molecular weight excluding hydrogens is 236 g/mol. The molecule has 0 radical (unpaired) electrons. The SMILES string of the molecule is CCC1(CC)CCN(CC(O)CNC(C)(C)C)CC1. The van der Waals surface area contributed by atoms with Crippen LogP contribution in [0.5, 0.6) is 0 Å². The zero-order valence-corrected chi connectivity index (χ0v) is 13.6.